The van der Waals surface area contributed by atoms with Crippen molar-refractivity contribution in [2.24, 2.45) is 0 Å². The average molecular weight is 378 g/mol. The van der Waals surface area contributed by atoms with Crippen molar-refractivity contribution in [3.63, 3.8) is 0 Å². The molecule has 1 amide bonds. The smallest absolute Gasteiger partial charge is 0.246 e. The van der Waals surface area contributed by atoms with E-state index in [1.54, 1.807) is 18.2 Å². The van der Waals surface area contributed by atoms with Gasteiger partial charge in [0.15, 0.2) is 5.76 Å². The molecule has 4 rings (SSSR count). The molecule has 7 nitrogen and oxygen atoms in total. The van der Waals surface area contributed by atoms with Crippen LogP contribution in [0, 0.1) is 5.82 Å². The van der Waals surface area contributed by atoms with Crippen LogP contribution in [0.25, 0.3) is 22.7 Å². The van der Waals surface area contributed by atoms with E-state index in [1.807, 2.05) is 30.3 Å². The van der Waals surface area contributed by atoms with Crippen LogP contribution in [0.4, 0.5) is 4.39 Å². The van der Waals surface area contributed by atoms with Crippen molar-refractivity contribution in [1.29, 1.82) is 0 Å². The molecule has 140 valence electrons. The summed E-state index contributed by atoms with van der Waals surface area (Å²) in [6.07, 6.45) is 0.0648. The minimum atomic E-state index is -0.344. The number of carbonyl (C=O) groups is 1. The van der Waals surface area contributed by atoms with Gasteiger partial charge in [-0.15, -0.1) is 0 Å². The minimum Gasteiger partial charge on any atom is -0.356 e. The molecule has 0 saturated carbocycles. The Kier molecular flexibility index (Phi) is 4.92. The summed E-state index contributed by atoms with van der Waals surface area (Å²) in [5, 5.41) is 10.4. The lowest BCUT2D eigenvalue weighted by Gasteiger charge is -1.99. The first-order valence-electron chi connectivity index (χ1n) is 8.53. The zero-order valence-corrected chi connectivity index (χ0v) is 14.6. The first-order chi connectivity index (χ1) is 13.7. The first-order valence-corrected chi connectivity index (χ1v) is 8.53. The third kappa shape index (κ3) is 4.12. The van der Waals surface area contributed by atoms with E-state index in [4.69, 9.17) is 9.05 Å². The maximum absolute atomic E-state index is 13.0. The average Bonchev–Trinajstić information content (AvgIpc) is 3.37. The Balaban J connectivity index is 1.33. The standard InChI is InChI=1S/C20H15FN4O3/c21-15-8-6-14(7-9-15)20-23-19(28-25-20)12-22-18(26)11-16-10-17(27-24-16)13-4-2-1-3-5-13/h1-10H,11-12H2,(H,22,26). The summed E-state index contributed by atoms with van der Waals surface area (Å²) in [5.41, 5.74) is 2.04. The van der Waals surface area contributed by atoms with E-state index in [1.165, 1.54) is 12.1 Å². The normalized spacial score (nSPS) is 10.8. The molecule has 0 atom stereocenters. The summed E-state index contributed by atoms with van der Waals surface area (Å²) in [6.45, 7) is 0.0798. The summed E-state index contributed by atoms with van der Waals surface area (Å²) in [5.74, 6) is 0.577. The molecular formula is C20H15FN4O3. The Morgan fingerprint density at radius 2 is 1.75 bits per heavy atom. The predicted molar refractivity (Wildman–Crippen MR) is 97.2 cm³/mol. The fourth-order valence-electron chi connectivity index (χ4n) is 2.58. The number of rotatable bonds is 6. The SMILES string of the molecule is O=C(Cc1cc(-c2ccccc2)on1)NCc1nc(-c2ccc(F)cc2)no1. The second-order valence-corrected chi connectivity index (χ2v) is 6.02. The van der Waals surface area contributed by atoms with Crippen molar-refractivity contribution in [2.75, 3.05) is 0 Å². The molecule has 0 radical (unpaired) electrons. The lowest BCUT2D eigenvalue weighted by molar-refractivity contribution is -0.120. The Morgan fingerprint density at radius 1 is 0.964 bits per heavy atom. The molecule has 0 bridgehead atoms. The molecule has 0 spiro atoms. The van der Waals surface area contributed by atoms with Crippen molar-refractivity contribution < 1.29 is 18.2 Å². The highest BCUT2D eigenvalue weighted by molar-refractivity contribution is 5.78. The molecule has 0 aliphatic carbocycles. The highest BCUT2D eigenvalue weighted by Crippen LogP contribution is 2.20. The van der Waals surface area contributed by atoms with Gasteiger partial charge >= 0.3 is 0 Å². The molecule has 1 N–H and O–H groups in total. The van der Waals surface area contributed by atoms with Gasteiger partial charge in [-0.2, -0.15) is 4.98 Å². The molecule has 0 aliphatic heterocycles. The van der Waals surface area contributed by atoms with Gasteiger partial charge in [0, 0.05) is 17.2 Å². The highest BCUT2D eigenvalue weighted by atomic mass is 19.1. The number of hydrogen-bond donors (Lipinski definition) is 1. The summed E-state index contributed by atoms with van der Waals surface area (Å²) >= 11 is 0. The second-order valence-electron chi connectivity index (χ2n) is 6.02. The first kappa shape index (κ1) is 17.6. The molecule has 0 aliphatic rings. The number of amides is 1. The van der Waals surface area contributed by atoms with E-state index in [0.29, 0.717) is 22.8 Å². The van der Waals surface area contributed by atoms with Crippen LogP contribution < -0.4 is 5.32 Å². The van der Waals surface area contributed by atoms with Crippen molar-refractivity contribution >= 4 is 5.91 Å². The largest absolute Gasteiger partial charge is 0.356 e. The number of halogens is 1. The van der Waals surface area contributed by atoms with Crippen molar-refractivity contribution in [3.05, 3.63) is 78.1 Å². The summed E-state index contributed by atoms with van der Waals surface area (Å²) in [7, 11) is 0. The number of aromatic nitrogens is 3. The molecule has 0 saturated heterocycles. The summed E-state index contributed by atoms with van der Waals surface area (Å²) in [6, 6.07) is 17.0. The fourth-order valence-corrected chi connectivity index (χ4v) is 2.58. The van der Waals surface area contributed by atoms with Gasteiger partial charge < -0.3 is 14.4 Å². The maximum atomic E-state index is 13.0. The van der Waals surface area contributed by atoms with Crippen LogP contribution >= 0.6 is 0 Å². The van der Waals surface area contributed by atoms with Crippen molar-refractivity contribution in [2.45, 2.75) is 13.0 Å². The van der Waals surface area contributed by atoms with Crippen LogP contribution in [0.2, 0.25) is 0 Å². The molecule has 4 aromatic rings. The van der Waals surface area contributed by atoms with Crippen LogP contribution in [0.15, 0.2) is 69.7 Å². The number of carbonyl (C=O) groups excluding carboxylic acids is 1. The van der Waals surface area contributed by atoms with Crippen LogP contribution in [-0.2, 0) is 17.8 Å². The van der Waals surface area contributed by atoms with Crippen molar-refractivity contribution in [1.82, 2.24) is 20.6 Å². The van der Waals surface area contributed by atoms with Gasteiger partial charge in [0.25, 0.3) is 0 Å². The molecule has 2 aromatic heterocycles. The summed E-state index contributed by atoms with van der Waals surface area (Å²) < 4.78 is 23.4. The van der Waals surface area contributed by atoms with Crippen molar-refractivity contribution in [3.8, 4) is 22.7 Å². The van der Waals surface area contributed by atoms with Gasteiger partial charge in [0.1, 0.15) is 5.82 Å². The van der Waals surface area contributed by atoms with Gasteiger partial charge in [0.2, 0.25) is 17.6 Å². The monoisotopic (exact) mass is 378 g/mol. The Bertz CT molecular complexity index is 1070. The molecule has 0 unspecified atom stereocenters. The molecule has 2 heterocycles. The Morgan fingerprint density at radius 3 is 2.54 bits per heavy atom. The maximum Gasteiger partial charge on any atom is 0.246 e. The molecule has 8 heteroatoms. The van der Waals surface area contributed by atoms with Gasteiger partial charge in [-0.05, 0) is 24.3 Å². The van der Waals surface area contributed by atoms with Crippen LogP contribution in [0.1, 0.15) is 11.6 Å². The lowest BCUT2D eigenvalue weighted by atomic mass is 10.1. The molecular weight excluding hydrogens is 363 g/mol. The Labute approximate surface area is 159 Å². The van der Waals surface area contributed by atoms with Gasteiger partial charge in [-0.1, -0.05) is 40.6 Å². The van der Waals surface area contributed by atoms with E-state index >= 15 is 0 Å². The van der Waals surface area contributed by atoms with E-state index in [2.05, 4.69) is 20.6 Å². The minimum absolute atomic E-state index is 0.0648. The highest BCUT2D eigenvalue weighted by Gasteiger charge is 2.13. The van der Waals surface area contributed by atoms with Gasteiger partial charge in [0.05, 0.1) is 18.7 Å². The topological polar surface area (TPSA) is 94.1 Å². The zero-order valence-electron chi connectivity index (χ0n) is 14.6. The molecule has 0 fully saturated rings. The number of nitrogens with one attached hydrogen (secondary N) is 1. The number of benzene rings is 2. The van der Waals surface area contributed by atoms with E-state index in [0.717, 1.165) is 5.56 Å². The zero-order chi connectivity index (χ0) is 19.3. The van der Waals surface area contributed by atoms with E-state index in [-0.39, 0.29) is 30.6 Å². The van der Waals surface area contributed by atoms with Crippen LogP contribution in [0.5, 0.6) is 0 Å². The second kappa shape index (κ2) is 7.83. The van der Waals surface area contributed by atoms with Crippen LogP contribution in [0.3, 0.4) is 0 Å². The Hall–Kier alpha value is -3.81. The number of nitrogens with zero attached hydrogens (tertiary/aromatic N) is 3. The fraction of sp³-hybridized carbons (Fsp3) is 0.100. The third-order valence-corrected chi connectivity index (χ3v) is 3.97. The quantitative estimate of drug-likeness (QED) is 0.553. The molecule has 2 aromatic carbocycles. The van der Waals surface area contributed by atoms with Gasteiger partial charge in [-0.3, -0.25) is 4.79 Å². The lowest BCUT2D eigenvalue weighted by Crippen LogP contribution is -2.24. The third-order valence-electron chi connectivity index (χ3n) is 3.97. The number of hydrogen-bond acceptors (Lipinski definition) is 6. The predicted octanol–water partition coefficient (Wildman–Crippen LogP) is 3.39. The van der Waals surface area contributed by atoms with E-state index in [9.17, 15) is 9.18 Å². The summed E-state index contributed by atoms with van der Waals surface area (Å²) in [4.78, 5) is 16.3. The van der Waals surface area contributed by atoms with E-state index < -0.39 is 0 Å². The van der Waals surface area contributed by atoms with Gasteiger partial charge in [-0.25, -0.2) is 4.39 Å². The van der Waals surface area contributed by atoms with Crippen LogP contribution in [-0.4, -0.2) is 21.2 Å². The molecule has 28 heavy (non-hydrogen) atoms.